The first kappa shape index (κ1) is 24.3. The number of hydrogen-bond donors (Lipinski definition) is 0. The molecule has 1 atom stereocenters. The minimum Gasteiger partial charge on any atom is -0.455 e. The highest BCUT2D eigenvalue weighted by Gasteiger charge is 2.47. The molecular formula is C28H25F5N2O. The van der Waals surface area contributed by atoms with Crippen LogP contribution >= 0.6 is 0 Å². The molecule has 0 radical (unpaired) electrons. The molecule has 2 aromatic carbocycles. The Morgan fingerprint density at radius 3 is 2.47 bits per heavy atom. The lowest BCUT2D eigenvalue weighted by molar-refractivity contribution is -0.210. The van der Waals surface area contributed by atoms with Crippen LogP contribution in [0.3, 0.4) is 0 Å². The lowest BCUT2D eigenvalue weighted by Gasteiger charge is -2.33. The molecule has 1 unspecified atom stereocenters. The minimum absolute atomic E-state index is 0.110. The van der Waals surface area contributed by atoms with Gasteiger partial charge in [0, 0.05) is 35.7 Å². The molecule has 8 heteroatoms. The molecule has 3 nitrogen and oxygen atoms in total. The summed E-state index contributed by atoms with van der Waals surface area (Å²) in [6.07, 6.45) is 2.37. The number of hydrogen-bond acceptors (Lipinski definition) is 3. The third-order valence-electron chi connectivity index (χ3n) is 7.14. The maximum atomic E-state index is 14.8. The highest BCUT2D eigenvalue weighted by Crippen LogP contribution is 2.45. The second-order valence-electron chi connectivity index (χ2n) is 10.2. The Kier molecular flexibility index (Phi) is 5.43. The first-order chi connectivity index (χ1) is 16.8. The number of rotatable bonds is 3. The largest absolute Gasteiger partial charge is 0.455 e. The van der Waals surface area contributed by atoms with Gasteiger partial charge in [0.2, 0.25) is 0 Å². The van der Waals surface area contributed by atoms with Crippen molar-refractivity contribution in [2.24, 2.45) is 10.4 Å². The van der Waals surface area contributed by atoms with E-state index in [0.717, 1.165) is 34.5 Å². The van der Waals surface area contributed by atoms with Crippen molar-refractivity contribution < 1.29 is 26.4 Å². The molecule has 36 heavy (non-hydrogen) atoms. The van der Waals surface area contributed by atoms with E-state index in [9.17, 15) is 22.0 Å². The van der Waals surface area contributed by atoms with E-state index in [1.165, 1.54) is 13.8 Å². The molecule has 0 spiro atoms. The molecule has 5 rings (SSSR count). The van der Waals surface area contributed by atoms with Crippen LogP contribution in [0, 0.1) is 30.9 Å². The summed E-state index contributed by atoms with van der Waals surface area (Å²) in [5.74, 6) is -1.43. The Labute approximate surface area is 205 Å². The summed E-state index contributed by atoms with van der Waals surface area (Å²) in [5, 5.41) is 0.741. The van der Waals surface area contributed by atoms with Crippen LogP contribution in [0.5, 0.6) is 0 Å². The van der Waals surface area contributed by atoms with Gasteiger partial charge >= 0.3 is 6.18 Å². The second kappa shape index (κ2) is 8.05. The number of alkyl halides is 3. The van der Waals surface area contributed by atoms with E-state index >= 15 is 0 Å². The van der Waals surface area contributed by atoms with Gasteiger partial charge in [-0.3, -0.25) is 4.99 Å². The van der Waals surface area contributed by atoms with E-state index < -0.39 is 29.3 Å². The average molecular weight is 501 g/mol. The van der Waals surface area contributed by atoms with Crippen molar-refractivity contribution in [3.63, 3.8) is 0 Å². The summed E-state index contributed by atoms with van der Waals surface area (Å²) >= 11 is 0. The second-order valence-corrected chi connectivity index (χ2v) is 10.2. The molecule has 0 N–H and O–H groups in total. The standard InChI is InChI=1S/C28H25F5N2O/c1-14-8-19-24-20(30)10-17(29)11-22(24)36-26(19)23(15(14)2)25-18-7-6-16(9-21(18)34-13-35(25)5)12-27(3,4)28(31,32)33/h6-11,13,21H,12H2,1-5H3. The molecule has 0 saturated carbocycles. The zero-order chi connectivity index (χ0) is 26.2. The number of aliphatic imine (C=N–C) groups is 1. The number of fused-ring (bicyclic) bond motifs is 4. The van der Waals surface area contributed by atoms with Gasteiger partial charge in [0.25, 0.3) is 0 Å². The van der Waals surface area contributed by atoms with E-state index in [1.807, 2.05) is 31.9 Å². The first-order valence-corrected chi connectivity index (χ1v) is 11.6. The van der Waals surface area contributed by atoms with Crippen LogP contribution in [0.1, 0.15) is 37.0 Å². The van der Waals surface area contributed by atoms with E-state index in [2.05, 4.69) is 4.99 Å². The van der Waals surface area contributed by atoms with E-state index in [-0.39, 0.29) is 17.4 Å². The number of halogens is 5. The van der Waals surface area contributed by atoms with Crippen molar-refractivity contribution >= 4 is 34.0 Å². The van der Waals surface area contributed by atoms with Gasteiger partial charge in [-0.1, -0.05) is 32.1 Å². The number of allylic oxidation sites excluding steroid dienone is 2. The summed E-state index contributed by atoms with van der Waals surface area (Å²) in [4.78, 5) is 6.36. The first-order valence-electron chi connectivity index (χ1n) is 11.6. The van der Waals surface area contributed by atoms with Crippen molar-refractivity contribution in [1.29, 1.82) is 0 Å². The summed E-state index contributed by atoms with van der Waals surface area (Å²) in [6.45, 7) is 6.21. The Hall–Kier alpha value is -3.42. The zero-order valence-electron chi connectivity index (χ0n) is 20.5. The molecule has 1 aliphatic carbocycles. The van der Waals surface area contributed by atoms with Crippen LogP contribution in [0.4, 0.5) is 22.0 Å². The van der Waals surface area contributed by atoms with Crippen LogP contribution in [0.15, 0.2) is 57.0 Å². The molecule has 188 valence electrons. The van der Waals surface area contributed by atoms with E-state index in [1.54, 1.807) is 24.6 Å². The third kappa shape index (κ3) is 3.74. The van der Waals surface area contributed by atoms with Crippen molar-refractivity contribution in [2.75, 3.05) is 7.05 Å². The predicted octanol–water partition coefficient (Wildman–Crippen LogP) is 8.01. The predicted molar refractivity (Wildman–Crippen MR) is 132 cm³/mol. The molecule has 0 fully saturated rings. The van der Waals surface area contributed by atoms with Crippen molar-refractivity contribution in [3.05, 3.63) is 75.9 Å². The Balaban J connectivity index is 1.70. The van der Waals surface area contributed by atoms with Crippen molar-refractivity contribution in [1.82, 2.24) is 4.90 Å². The monoisotopic (exact) mass is 500 g/mol. The number of benzene rings is 2. The fraction of sp³-hybridized carbons (Fsp3) is 0.321. The third-order valence-corrected chi connectivity index (χ3v) is 7.14. The van der Waals surface area contributed by atoms with Crippen LogP contribution in [-0.4, -0.2) is 30.5 Å². The van der Waals surface area contributed by atoms with Gasteiger partial charge in [0.15, 0.2) is 0 Å². The van der Waals surface area contributed by atoms with Gasteiger partial charge in [-0.2, -0.15) is 13.2 Å². The maximum Gasteiger partial charge on any atom is 0.394 e. The normalized spacial score (nSPS) is 18.4. The van der Waals surface area contributed by atoms with Crippen LogP contribution in [0.25, 0.3) is 27.6 Å². The van der Waals surface area contributed by atoms with Crippen LogP contribution in [0.2, 0.25) is 0 Å². The lowest BCUT2D eigenvalue weighted by Crippen LogP contribution is -2.33. The van der Waals surface area contributed by atoms with Gasteiger partial charge in [-0.05, 0) is 43.0 Å². The van der Waals surface area contributed by atoms with Crippen LogP contribution in [-0.2, 0) is 0 Å². The molecular weight excluding hydrogens is 475 g/mol. The van der Waals surface area contributed by atoms with E-state index in [4.69, 9.17) is 4.42 Å². The molecule has 2 heterocycles. The smallest absolute Gasteiger partial charge is 0.394 e. The Morgan fingerprint density at radius 2 is 1.78 bits per heavy atom. The van der Waals surface area contributed by atoms with E-state index in [0.29, 0.717) is 22.1 Å². The van der Waals surface area contributed by atoms with Gasteiger partial charge in [0.1, 0.15) is 22.8 Å². The molecule has 1 aromatic heterocycles. The molecule has 0 saturated heterocycles. The topological polar surface area (TPSA) is 28.7 Å². The number of aryl methyl sites for hydroxylation is 1. The fourth-order valence-electron chi connectivity index (χ4n) is 4.94. The Bertz CT molecular complexity index is 1540. The van der Waals surface area contributed by atoms with Gasteiger partial charge in [-0.15, -0.1) is 0 Å². The number of furan rings is 1. The molecule has 0 amide bonds. The summed E-state index contributed by atoms with van der Waals surface area (Å²) in [5.41, 5.74) is 3.25. The molecule has 2 aliphatic rings. The van der Waals surface area contributed by atoms with Gasteiger partial charge < -0.3 is 9.32 Å². The van der Waals surface area contributed by atoms with Gasteiger partial charge in [-0.25, -0.2) is 8.78 Å². The molecule has 0 bridgehead atoms. The zero-order valence-corrected chi connectivity index (χ0v) is 20.5. The minimum atomic E-state index is -4.33. The highest BCUT2D eigenvalue weighted by atomic mass is 19.4. The summed E-state index contributed by atoms with van der Waals surface area (Å²) < 4.78 is 75.2. The molecule has 3 aromatic rings. The quantitative estimate of drug-likeness (QED) is 0.341. The summed E-state index contributed by atoms with van der Waals surface area (Å²) in [7, 11) is 1.82. The fourth-order valence-corrected chi connectivity index (χ4v) is 4.94. The summed E-state index contributed by atoms with van der Waals surface area (Å²) in [6, 6.07) is 3.35. The SMILES string of the molecule is Cc1cc2c(oc3cc(F)cc(F)c32)c(C2=C3C=CC(CC(C)(C)C(F)(F)F)=CC3N=CN2C)c1C. The van der Waals surface area contributed by atoms with Crippen molar-refractivity contribution in [2.45, 2.75) is 46.3 Å². The van der Waals surface area contributed by atoms with Crippen molar-refractivity contribution in [3.8, 4) is 0 Å². The Morgan fingerprint density at radius 1 is 1.06 bits per heavy atom. The molecule has 1 aliphatic heterocycles. The average Bonchev–Trinajstić information content (AvgIpc) is 3.12. The van der Waals surface area contributed by atoms with Gasteiger partial charge in [0.05, 0.1) is 28.9 Å². The lowest BCUT2D eigenvalue weighted by atomic mass is 9.81. The maximum absolute atomic E-state index is 14.8. The number of nitrogens with zero attached hydrogens (tertiary/aromatic N) is 2. The highest BCUT2D eigenvalue weighted by molar-refractivity contribution is 6.10. The van der Waals surface area contributed by atoms with Crippen LogP contribution < -0.4 is 0 Å².